The average molecular weight is 356 g/mol. The van der Waals surface area contributed by atoms with E-state index >= 15 is 0 Å². The summed E-state index contributed by atoms with van der Waals surface area (Å²) in [5.41, 5.74) is 3.11. The zero-order valence-corrected chi connectivity index (χ0v) is 15.3. The van der Waals surface area contributed by atoms with Gasteiger partial charge in [0.2, 0.25) is 0 Å². The Hall–Kier alpha value is -2.40. The highest BCUT2D eigenvalue weighted by Gasteiger charge is 2.17. The number of benzene rings is 2. The lowest BCUT2D eigenvalue weighted by Crippen LogP contribution is -2.09. The van der Waals surface area contributed by atoms with Crippen molar-refractivity contribution >= 4 is 26.6 Å². The summed E-state index contributed by atoms with van der Waals surface area (Å²) in [5, 5.41) is 0.746. The molecule has 0 atom stereocenters. The Balaban J connectivity index is 1.87. The topological polar surface area (TPSA) is 64.3 Å². The first-order valence-corrected chi connectivity index (χ1v) is 9.75. The quantitative estimate of drug-likeness (QED) is 0.641. The molecule has 3 aromatic rings. The van der Waals surface area contributed by atoms with E-state index in [1.807, 2.05) is 19.1 Å². The molecule has 130 valence electrons. The van der Waals surface area contributed by atoms with E-state index in [9.17, 15) is 13.2 Å². The first-order chi connectivity index (χ1) is 11.8. The summed E-state index contributed by atoms with van der Waals surface area (Å²) in [5.74, 6) is 0.556. The fraction of sp³-hybridized carbons (Fsp3) is 0.250. The molecule has 0 aliphatic heterocycles. The molecule has 1 aromatic heterocycles. The van der Waals surface area contributed by atoms with E-state index in [1.165, 1.54) is 6.92 Å². The van der Waals surface area contributed by atoms with Crippen LogP contribution in [-0.4, -0.2) is 20.0 Å². The van der Waals surface area contributed by atoms with Gasteiger partial charge in [-0.05, 0) is 57.0 Å². The second-order valence-electron chi connectivity index (χ2n) is 6.30. The Morgan fingerprint density at radius 2 is 1.72 bits per heavy atom. The standard InChI is InChI=1S/C20H20O4S/c1-13-4-7-17(8-5-13)25(22,23)11-10-16-6-9-19-18(12-16)20(14(2)21)15(3)24-19/h4-9,12H,10-11H2,1-3H3. The van der Waals surface area contributed by atoms with Crippen LogP contribution in [0.1, 0.15) is 34.2 Å². The zero-order chi connectivity index (χ0) is 18.2. The van der Waals surface area contributed by atoms with E-state index in [1.54, 1.807) is 37.3 Å². The van der Waals surface area contributed by atoms with Crippen molar-refractivity contribution in [2.24, 2.45) is 0 Å². The third-order valence-corrected chi connectivity index (χ3v) is 6.05. The van der Waals surface area contributed by atoms with Gasteiger partial charge in [-0.25, -0.2) is 8.42 Å². The van der Waals surface area contributed by atoms with E-state index < -0.39 is 9.84 Å². The molecule has 3 rings (SSSR count). The van der Waals surface area contributed by atoms with Crippen LogP contribution in [0.5, 0.6) is 0 Å². The van der Waals surface area contributed by atoms with Gasteiger partial charge in [-0.3, -0.25) is 4.79 Å². The molecule has 0 aliphatic rings. The second kappa shape index (κ2) is 6.48. The molecule has 4 nitrogen and oxygen atoms in total. The van der Waals surface area contributed by atoms with Crippen LogP contribution < -0.4 is 0 Å². The van der Waals surface area contributed by atoms with Crippen molar-refractivity contribution in [1.29, 1.82) is 0 Å². The van der Waals surface area contributed by atoms with E-state index in [2.05, 4.69) is 0 Å². The molecular formula is C20H20O4S. The van der Waals surface area contributed by atoms with E-state index in [0.29, 0.717) is 28.2 Å². The number of hydrogen-bond acceptors (Lipinski definition) is 4. The van der Waals surface area contributed by atoms with Crippen LogP contribution in [-0.2, 0) is 16.3 Å². The Morgan fingerprint density at radius 1 is 1.04 bits per heavy atom. The lowest BCUT2D eigenvalue weighted by molar-refractivity contribution is 0.101. The molecule has 25 heavy (non-hydrogen) atoms. The van der Waals surface area contributed by atoms with Crippen LogP contribution in [0.2, 0.25) is 0 Å². The molecule has 0 amide bonds. The van der Waals surface area contributed by atoms with Gasteiger partial charge >= 0.3 is 0 Å². The Labute approximate surface area is 147 Å². The van der Waals surface area contributed by atoms with Gasteiger partial charge in [0.25, 0.3) is 0 Å². The van der Waals surface area contributed by atoms with Crippen LogP contribution in [0.25, 0.3) is 11.0 Å². The predicted molar refractivity (Wildman–Crippen MR) is 97.9 cm³/mol. The largest absolute Gasteiger partial charge is 0.461 e. The summed E-state index contributed by atoms with van der Waals surface area (Å²) in [6.45, 7) is 5.19. The third-order valence-electron chi connectivity index (χ3n) is 4.32. The number of sulfone groups is 1. The van der Waals surface area contributed by atoms with E-state index in [0.717, 1.165) is 16.5 Å². The number of ketones is 1. The Morgan fingerprint density at radius 3 is 2.36 bits per heavy atom. The summed E-state index contributed by atoms with van der Waals surface area (Å²) in [4.78, 5) is 12.2. The Kier molecular flexibility index (Phi) is 4.52. The van der Waals surface area contributed by atoms with E-state index in [-0.39, 0.29) is 11.5 Å². The highest BCUT2D eigenvalue weighted by molar-refractivity contribution is 7.91. The molecule has 1 heterocycles. The minimum atomic E-state index is -3.34. The highest BCUT2D eigenvalue weighted by Crippen LogP contribution is 2.27. The molecule has 5 heteroatoms. The van der Waals surface area contributed by atoms with E-state index in [4.69, 9.17) is 4.42 Å². The number of rotatable bonds is 5. The van der Waals surface area contributed by atoms with Crippen LogP contribution >= 0.6 is 0 Å². The number of aryl methyl sites for hydroxylation is 3. The van der Waals surface area contributed by atoms with Gasteiger partial charge in [0.1, 0.15) is 11.3 Å². The van der Waals surface area contributed by atoms with Gasteiger partial charge in [0, 0.05) is 5.39 Å². The first kappa shape index (κ1) is 17.4. The van der Waals surface area contributed by atoms with Crippen LogP contribution in [0, 0.1) is 13.8 Å². The number of carbonyl (C=O) groups excluding carboxylic acids is 1. The third kappa shape index (κ3) is 3.51. The van der Waals surface area contributed by atoms with Gasteiger partial charge in [-0.15, -0.1) is 0 Å². The molecule has 0 aliphatic carbocycles. The summed E-state index contributed by atoms with van der Waals surface area (Å²) < 4.78 is 30.6. The number of Topliss-reactive ketones (excluding diaryl/α,β-unsaturated/α-hetero) is 1. The minimum Gasteiger partial charge on any atom is -0.461 e. The van der Waals surface area contributed by atoms with Crippen molar-refractivity contribution in [3.05, 3.63) is 64.9 Å². The second-order valence-corrected chi connectivity index (χ2v) is 8.41. The smallest absolute Gasteiger partial charge is 0.178 e. The summed E-state index contributed by atoms with van der Waals surface area (Å²) in [6, 6.07) is 12.4. The molecule has 0 spiro atoms. The molecule has 0 unspecified atom stereocenters. The van der Waals surface area contributed by atoms with Gasteiger partial charge in [0.15, 0.2) is 15.6 Å². The molecule has 0 saturated carbocycles. The molecule has 0 radical (unpaired) electrons. The van der Waals surface area contributed by atoms with Gasteiger partial charge < -0.3 is 4.42 Å². The number of hydrogen-bond donors (Lipinski definition) is 0. The van der Waals surface area contributed by atoms with Crippen molar-refractivity contribution in [2.75, 3.05) is 5.75 Å². The lowest BCUT2D eigenvalue weighted by atomic mass is 10.0. The molecule has 2 aromatic carbocycles. The van der Waals surface area contributed by atoms with Crippen LogP contribution in [0.4, 0.5) is 0 Å². The monoisotopic (exact) mass is 356 g/mol. The fourth-order valence-corrected chi connectivity index (χ4v) is 4.27. The van der Waals surface area contributed by atoms with Crippen molar-refractivity contribution in [3.63, 3.8) is 0 Å². The molecule has 0 N–H and O–H groups in total. The normalized spacial score (nSPS) is 11.8. The Bertz CT molecular complexity index is 1040. The molecule has 0 saturated heterocycles. The average Bonchev–Trinajstić information content (AvgIpc) is 2.88. The minimum absolute atomic E-state index is 0.0216. The number of fused-ring (bicyclic) bond motifs is 1. The van der Waals surface area contributed by atoms with Gasteiger partial charge in [-0.1, -0.05) is 23.8 Å². The maximum absolute atomic E-state index is 12.5. The number of carbonyl (C=O) groups is 1. The first-order valence-electron chi connectivity index (χ1n) is 8.10. The SMILES string of the molecule is CC(=O)c1c(C)oc2ccc(CCS(=O)(=O)c3ccc(C)cc3)cc12. The fourth-order valence-electron chi connectivity index (χ4n) is 2.98. The van der Waals surface area contributed by atoms with Gasteiger partial charge in [0.05, 0.1) is 16.2 Å². The summed E-state index contributed by atoms with van der Waals surface area (Å²) in [6.07, 6.45) is 0.383. The molecule has 0 fully saturated rings. The van der Waals surface area contributed by atoms with Crippen molar-refractivity contribution in [3.8, 4) is 0 Å². The maximum atomic E-state index is 12.5. The zero-order valence-electron chi connectivity index (χ0n) is 14.5. The molecular weight excluding hydrogens is 336 g/mol. The van der Waals surface area contributed by atoms with Crippen molar-refractivity contribution < 1.29 is 17.6 Å². The summed E-state index contributed by atoms with van der Waals surface area (Å²) >= 11 is 0. The molecule has 0 bridgehead atoms. The maximum Gasteiger partial charge on any atom is 0.178 e. The predicted octanol–water partition coefficient (Wildman–Crippen LogP) is 4.27. The summed E-state index contributed by atoms with van der Waals surface area (Å²) in [7, 11) is -3.34. The van der Waals surface area contributed by atoms with Crippen LogP contribution in [0.15, 0.2) is 51.8 Å². The highest BCUT2D eigenvalue weighted by atomic mass is 32.2. The van der Waals surface area contributed by atoms with Gasteiger partial charge in [-0.2, -0.15) is 0 Å². The van der Waals surface area contributed by atoms with Crippen molar-refractivity contribution in [2.45, 2.75) is 32.1 Å². The van der Waals surface area contributed by atoms with Crippen molar-refractivity contribution in [1.82, 2.24) is 0 Å². The van der Waals surface area contributed by atoms with Crippen LogP contribution in [0.3, 0.4) is 0 Å². The number of furan rings is 1. The lowest BCUT2D eigenvalue weighted by Gasteiger charge is -2.06.